The van der Waals surface area contributed by atoms with Crippen molar-refractivity contribution in [1.82, 2.24) is 15.5 Å². The van der Waals surface area contributed by atoms with E-state index in [0.717, 1.165) is 0 Å². The molecule has 0 aliphatic heterocycles. The number of urea groups is 1. The van der Waals surface area contributed by atoms with Crippen molar-refractivity contribution in [3.63, 3.8) is 0 Å². The molecule has 20 heavy (non-hydrogen) atoms. The number of hydrogen-bond donors (Lipinski definition) is 3. The van der Waals surface area contributed by atoms with Gasteiger partial charge in [0.25, 0.3) is 0 Å². The summed E-state index contributed by atoms with van der Waals surface area (Å²) < 4.78 is 0. The second-order valence-electron chi connectivity index (χ2n) is 4.35. The smallest absolute Gasteiger partial charge is 0.314 e. The van der Waals surface area contributed by atoms with E-state index in [1.165, 1.54) is 0 Å². The van der Waals surface area contributed by atoms with Crippen molar-refractivity contribution in [2.75, 3.05) is 26.2 Å². The topological polar surface area (TPSA) is 98.7 Å². The molecule has 0 saturated heterocycles. The SMILES string of the molecule is CCN(CC)C(=O)CCCNC(=O)NCCCC(=O)O. The number of rotatable bonds is 10. The molecule has 7 nitrogen and oxygen atoms in total. The Kier molecular flexibility index (Phi) is 10.1. The summed E-state index contributed by atoms with van der Waals surface area (Å²) in [7, 11) is 0. The van der Waals surface area contributed by atoms with Gasteiger partial charge in [0.1, 0.15) is 0 Å². The van der Waals surface area contributed by atoms with Crippen LogP contribution < -0.4 is 10.6 Å². The Morgan fingerprint density at radius 1 is 0.950 bits per heavy atom. The number of hydrogen-bond acceptors (Lipinski definition) is 3. The van der Waals surface area contributed by atoms with Crippen molar-refractivity contribution >= 4 is 17.9 Å². The van der Waals surface area contributed by atoms with E-state index in [-0.39, 0.29) is 18.4 Å². The molecule has 0 rings (SSSR count). The van der Waals surface area contributed by atoms with Crippen molar-refractivity contribution in [2.24, 2.45) is 0 Å². The number of aliphatic carboxylic acids is 1. The first-order valence-electron chi connectivity index (χ1n) is 7.02. The van der Waals surface area contributed by atoms with Crippen LogP contribution in [0, 0.1) is 0 Å². The van der Waals surface area contributed by atoms with Gasteiger partial charge in [-0.1, -0.05) is 0 Å². The minimum Gasteiger partial charge on any atom is -0.481 e. The van der Waals surface area contributed by atoms with Crippen LogP contribution in [0.15, 0.2) is 0 Å². The summed E-state index contributed by atoms with van der Waals surface area (Å²) in [6.45, 7) is 6.03. The highest BCUT2D eigenvalue weighted by Crippen LogP contribution is 1.96. The molecule has 0 radical (unpaired) electrons. The monoisotopic (exact) mass is 287 g/mol. The number of carboxylic acids is 1. The minimum atomic E-state index is -0.873. The molecule has 0 bridgehead atoms. The van der Waals surface area contributed by atoms with E-state index in [2.05, 4.69) is 10.6 Å². The van der Waals surface area contributed by atoms with E-state index in [1.54, 1.807) is 4.90 Å². The highest BCUT2D eigenvalue weighted by atomic mass is 16.4. The van der Waals surface area contributed by atoms with Gasteiger partial charge in [-0.2, -0.15) is 0 Å². The van der Waals surface area contributed by atoms with Crippen LogP contribution in [0.1, 0.15) is 39.5 Å². The third-order valence-corrected chi connectivity index (χ3v) is 2.82. The van der Waals surface area contributed by atoms with Gasteiger partial charge in [-0.25, -0.2) is 4.79 Å². The molecule has 0 saturated carbocycles. The molecule has 3 amide bonds. The maximum absolute atomic E-state index is 11.7. The van der Waals surface area contributed by atoms with Gasteiger partial charge in [-0.3, -0.25) is 9.59 Å². The fourth-order valence-electron chi connectivity index (χ4n) is 1.68. The summed E-state index contributed by atoms with van der Waals surface area (Å²) in [5.41, 5.74) is 0. The molecule has 0 aliphatic carbocycles. The lowest BCUT2D eigenvalue weighted by molar-refractivity contribution is -0.137. The first kappa shape index (κ1) is 18.2. The van der Waals surface area contributed by atoms with Crippen LogP contribution >= 0.6 is 0 Å². The molecule has 7 heteroatoms. The molecule has 0 spiro atoms. The number of nitrogens with zero attached hydrogens (tertiary/aromatic N) is 1. The molecule has 0 aliphatic rings. The Hall–Kier alpha value is -1.79. The number of carboxylic acid groups (broad SMARTS) is 1. The van der Waals surface area contributed by atoms with Crippen molar-refractivity contribution in [3.8, 4) is 0 Å². The lowest BCUT2D eigenvalue weighted by atomic mass is 10.2. The molecule has 0 heterocycles. The molecule has 3 N–H and O–H groups in total. The largest absolute Gasteiger partial charge is 0.481 e. The summed E-state index contributed by atoms with van der Waals surface area (Å²) in [6.07, 6.45) is 1.46. The van der Waals surface area contributed by atoms with Crippen LogP contribution in [0.4, 0.5) is 4.79 Å². The van der Waals surface area contributed by atoms with Gasteiger partial charge in [-0.05, 0) is 26.7 Å². The molecule has 0 fully saturated rings. The van der Waals surface area contributed by atoms with Crippen LogP contribution in [0.5, 0.6) is 0 Å². The Bertz CT molecular complexity index is 317. The van der Waals surface area contributed by atoms with E-state index < -0.39 is 5.97 Å². The summed E-state index contributed by atoms with van der Waals surface area (Å²) in [4.78, 5) is 35.0. The van der Waals surface area contributed by atoms with Crippen LogP contribution in [0.2, 0.25) is 0 Å². The number of nitrogens with one attached hydrogen (secondary N) is 2. The van der Waals surface area contributed by atoms with E-state index in [4.69, 9.17) is 5.11 Å². The van der Waals surface area contributed by atoms with Crippen molar-refractivity contribution in [2.45, 2.75) is 39.5 Å². The Morgan fingerprint density at radius 3 is 1.90 bits per heavy atom. The van der Waals surface area contributed by atoms with Crippen molar-refractivity contribution in [3.05, 3.63) is 0 Å². The normalized spacial score (nSPS) is 9.90. The predicted molar refractivity (Wildman–Crippen MR) is 75.4 cm³/mol. The fourth-order valence-corrected chi connectivity index (χ4v) is 1.68. The molecule has 0 aromatic rings. The van der Waals surface area contributed by atoms with E-state index in [1.807, 2.05) is 13.8 Å². The van der Waals surface area contributed by atoms with E-state index in [9.17, 15) is 14.4 Å². The molecule has 0 aromatic heterocycles. The summed E-state index contributed by atoms with van der Waals surface area (Å²) >= 11 is 0. The maximum Gasteiger partial charge on any atom is 0.314 e. The van der Waals surface area contributed by atoms with Gasteiger partial charge in [0, 0.05) is 39.0 Å². The van der Waals surface area contributed by atoms with Gasteiger partial charge in [0.2, 0.25) is 5.91 Å². The average Bonchev–Trinajstić information content (AvgIpc) is 2.41. The molecular formula is C13H25N3O4. The number of carbonyl (C=O) groups excluding carboxylic acids is 2. The standard InChI is InChI=1S/C13H25N3O4/c1-3-16(4-2)11(17)7-5-9-14-13(20)15-10-6-8-12(18)19/h3-10H2,1-2H3,(H,18,19)(H2,14,15,20). The third-order valence-electron chi connectivity index (χ3n) is 2.82. The van der Waals surface area contributed by atoms with Gasteiger partial charge < -0.3 is 20.6 Å². The zero-order chi connectivity index (χ0) is 15.4. The van der Waals surface area contributed by atoms with Gasteiger partial charge in [0.15, 0.2) is 0 Å². The summed E-state index contributed by atoms with van der Waals surface area (Å²) in [6, 6.07) is -0.328. The molecule has 0 unspecified atom stereocenters. The zero-order valence-electron chi connectivity index (χ0n) is 12.3. The third kappa shape index (κ3) is 9.18. The Balaban J connectivity index is 3.57. The molecule has 0 atom stereocenters. The molecular weight excluding hydrogens is 262 g/mol. The second kappa shape index (κ2) is 11.1. The number of carbonyl (C=O) groups is 3. The number of amides is 3. The highest BCUT2D eigenvalue weighted by molar-refractivity contribution is 5.76. The first-order chi connectivity index (χ1) is 9.51. The van der Waals surface area contributed by atoms with E-state index >= 15 is 0 Å². The van der Waals surface area contributed by atoms with Gasteiger partial charge in [-0.15, -0.1) is 0 Å². The van der Waals surface area contributed by atoms with Crippen LogP contribution in [0.25, 0.3) is 0 Å². The highest BCUT2D eigenvalue weighted by Gasteiger charge is 2.08. The quantitative estimate of drug-likeness (QED) is 0.517. The van der Waals surface area contributed by atoms with Crippen molar-refractivity contribution < 1.29 is 19.5 Å². The van der Waals surface area contributed by atoms with Crippen molar-refractivity contribution in [1.29, 1.82) is 0 Å². The molecule has 0 aromatic carbocycles. The summed E-state index contributed by atoms with van der Waals surface area (Å²) in [5, 5.41) is 13.6. The van der Waals surface area contributed by atoms with Crippen LogP contribution in [0.3, 0.4) is 0 Å². The minimum absolute atomic E-state index is 0.0403. The average molecular weight is 287 g/mol. The second-order valence-corrected chi connectivity index (χ2v) is 4.35. The first-order valence-corrected chi connectivity index (χ1v) is 7.02. The molecule has 116 valence electrons. The maximum atomic E-state index is 11.7. The van der Waals surface area contributed by atoms with Gasteiger partial charge >= 0.3 is 12.0 Å². The van der Waals surface area contributed by atoms with E-state index in [0.29, 0.717) is 45.4 Å². The predicted octanol–water partition coefficient (Wildman–Crippen LogP) is 0.799. The lowest BCUT2D eigenvalue weighted by Crippen LogP contribution is -2.37. The zero-order valence-corrected chi connectivity index (χ0v) is 12.3. The van der Waals surface area contributed by atoms with Gasteiger partial charge in [0.05, 0.1) is 0 Å². The van der Waals surface area contributed by atoms with Crippen LogP contribution in [-0.4, -0.2) is 54.1 Å². The fraction of sp³-hybridized carbons (Fsp3) is 0.769. The Labute approximate surface area is 119 Å². The van der Waals surface area contributed by atoms with Crippen LogP contribution in [-0.2, 0) is 9.59 Å². The lowest BCUT2D eigenvalue weighted by Gasteiger charge is -2.18. The Morgan fingerprint density at radius 2 is 1.45 bits per heavy atom. The summed E-state index contributed by atoms with van der Waals surface area (Å²) in [5.74, 6) is -0.777.